The van der Waals surface area contributed by atoms with E-state index in [1.165, 1.54) is 116 Å². The highest BCUT2D eigenvalue weighted by molar-refractivity contribution is 5.71. The fourth-order valence-electron chi connectivity index (χ4n) is 6.49. The SMILES string of the molecule is CCC(C)CCCCCCCCC(=O)O[C@H](COC(=O)CCCCCCCCCCCCCC(C)C)COC(=O)CCCCCCCCC(C)C. The standard InChI is InChI=1S/C45H86O6/c1-7-41(6)33-27-21-16-18-24-30-36-45(48)51-42(38-50-44(47)35-29-23-17-15-20-26-32-40(4)5)37-49-43(46)34-28-22-14-12-10-8-9-11-13-19-25-31-39(2)3/h39-42H,7-38H2,1-6H3/t41?,42-/m1/s1. The van der Waals surface area contributed by atoms with Gasteiger partial charge in [0.1, 0.15) is 13.2 Å². The number of carbonyl (C=O) groups is 3. The second-order valence-corrected chi connectivity index (χ2v) is 16.5. The van der Waals surface area contributed by atoms with Crippen molar-refractivity contribution in [1.82, 2.24) is 0 Å². The van der Waals surface area contributed by atoms with E-state index in [9.17, 15) is 14.4 Å². The Kier molecular flexibility index (Phi) is 35.6. The van der Waals surface area contributed by atoms with E-state index in [-0.39, 0.29) is 31.1 Å². The predicted octanol–water partition coefficient (Wildman–Crippen LogP) is 13.7. The molecule has 0 rings (SSSR count). The molecule has 6 heteroatoms. The molecule has 302 valence electrons. The number of unbranched alkanes of at least 4 members (excludes halogenated alkanes) is 20. The summed E-state index contributed by atoms with van der Waals surface area (Å²) in [6.45, 7) is 13.6. The maximum absolute atomic E-state index is 12.7. The molecule has 0 spiro atoms. The largest absolute Gasteiger partial charge is 0.462 e. The zero-order valence-electron chi connectivity index (χ0n) is 34.9. The van der Waals surface area contributed by atoms with Crippen LogP contribution in [-0.2, 0) is 28.6 Å². The summed E-state index contributed by atoms with van der Waals surface area (Å²) >= 11 is 0. The van der Waals surface area contributed by atoms with Crippen molar-refractivity contribution in [3.63, 3.8) is 0 Å². The van der Waals surface area contributed by atoms with Gasteiger partial charge in [-0.1, -0.05) is 196 Å². The van der Waals surface area contributed by atoms with Crippen LogP contribution in [0, 0.1) is 17.8 Å². The van der Waals surface area contributed by atoms with Crippen LogP contribution >= 0.6 is 0 Å². The van der Waals surface area contributed by atoms with E-state index in [4.69, 9.17) is 14.2 Å². The van der Waals surface area contributed by atoms with Crippen molar-refractivity contribution in [3.05, 3.63) is 0 Å². The predicted molar refractivity (Wildman–Crippen MR) is 215 cm³/mol. The molecule has 0 aliphatic carbocycles. The molecule has 2 atom stereocenters. The lowest BCUT2D eigenvalue weighted by Gasteiger charge is -2.18. The first-order valence-electron chi connectivity index (χ1n) is 22.1. The third kappa shape index (κ3) is 38.0. The van der Waals surface area contributed by atoms with E-state index in [1.807, 2.05) is 0 Å². The van der Waals surface area contributed by atoms with Gasteiger partial charge in [0.15, 0.2) is 6.10 Å². The van der Waals surface area contributed by atoms with Crippen molar-refractivity contribution in [2.75, 3.05) is 13.2 Å². The van der Waals surface area contributed by atoms with Crippen molar-refractivity contribution < 1.29 is 28.6 Å². The first-order chi connectivity index (χ1) is 24.6. The Morgan fingerprint density at radius 3 is 1.02 bits per heavy atom. The molecular weight excluding hydrogens is 636 g/mol. The normalized spacial score (nSPS) is 12.7. The quantitative estimate of drug-likeness (QED) is 0.0359. The molecular formula is C45H86O6. The van der Waals surface area contributed by atoms with Gasteiger partial charge in [-0.05, 0) is 37.0 Å². The molecule has 0 saturated carbocycles. The molecule has 0 N–H and O–H groups in total. The minimum atomic E-state index is -0.762. The number of carbonyl (C=O) groups excluding carboxylic acids is 3. The molecule has 0 aliphatic heterocycles. The van der Waals surface area contributed by atoms with Gasteiger partial charge >= 0.3 is 17.9 Å². The van der Waals surface area contributed by atoms with Crippen LogP contribution in [0.3, 0.4) is 0 Å². The van der Waals surface area contributed by atoms with E-state index in [2.05, 4.69) is 41.5 Å². The molecule has 0 aromatic carbocycles. The molecule has 0 saturated heterocycles. The average Bonchev–Trinajstić information content (AvgIpc) is 3.09. The molecule has 1 unspecified atom stereocenters. The van der Waals surface area contributed by atoms with Crippen LogP contribution in [0.4, 0.5) is 0 Å². The van der Waals surface area contributed by atoms with Crippen molar-refractivity contribution >= 4 is 17.9 Å². The molecule has 0 amide bonds. The maximum atomic E-state index is 12.7. The number of rotatable bonds is 38. The summed E-state index contributed by atoms with van der Waals surface area (Å²) in [6.07, 6.45) is 32.5. The Bertz CT molecular complexity index is 794. The highest BCUT2D eigenvalue weighted by atomic mass is 16.6. The second-order valence-electron chi connectivity index (χ2n) is 16.5. The van der Waals surface area contributed by atoms with Gasteiger partial charge in [0.25, 0.3) is 0 Å². The molecule has 0 aromatic heterocycles. The molecule has 51 heavy (non-hydrogen) atoms. The number of hydrogen-bond acceptors (Lipinski definition) is 6. The van der Waals surface area contributed by atoms with Gasteiger partial charge < -0.3 is 14.2 Å². The van der Waals surface area contributed by atoms with Crippen molar-refractivity contribution in [2.45, 2.75) is 240 Å². The summed E-state index contributed by atoms with van der Waals surface area (Å²) in [4.78, 5) is 37.6. The van der Waals surface area contributed by atoms with Gasteiger partial charge in [-0.15, -0.1) is 0 Å². The van der Waals surface area contributed by atoms with Gasteiger partial charge in [-0.3, -0.25) is 14.4 Å². The molecule has 0 aliphatic rings. The van der Waals surface area contributed by atoms with Gasteiger partial charge in [0, 0.05) is 19.3 Å². The van der Waals surface area contributed by atoms with Gasteiger partial charge in [0.05, 0.1) is 0 Å². The van der Waals surface area contributed by atoms with Gasteiger partial charge in [-0.2, -0.15) is 0 Å². The van der Waals surface area contributed by atoms with Crippen LogP contribution in [0.2, 0.25) is 0 Å². The summed E-state index contributed by atoms with van der Waals surface area (Å²) in [7, 11) is 0. The monoisotopic (exact) mass is 723 g/mol. The van der Waals surface area contributed by atoms with E-state index < -0.39 is 6.10 Å². The Hall–Kier alpha value is -1.59. The van der Waals surface area contributed by atoms with Crippen LogP contribution < -0.4 is 0 Å². The molecule has 0 radical (unpaired) electrons. The highest BCUT2D eigenvalue weighted by Crippen LogP contribution is 2.17. The van der Waals surface area contributed by atoms with Crippen LogP contribution in [0.25, 0.3) is 0 Å². The topological polar surface area (TPSA) is 78.9 Å². The number of hydrogen-bond donors (Lipinski definition) is 0. The minimum absolute atomic E-state index is 0.0676. The first kappa shape index (κ1) is 49.4. The third-order valence-corrected chi connectivity index (χ3v) is 10.3. The number of esters is 3. The summed E-state index contributed by atoms with van der Waals surface area (Å²) in [5.74, 6) is 1.53. The Morgan fingerprint density at radius 2 is 0.686 bits per heavy atom. The first-order valence-corrected chi connectivity index (χ1v) is 22.1. The van der Waals surface area contributed by atoms with Crippen LogP contribution in [0.1, 0.15) is 234 Å². The van der Waals surface area contributed by atoms with E-state index >= 15 is 0 Å². The molecule has 0 bridgehead atoms. The third-order valence-electron chi connectivity index (χ3n) is 10.3. The lowest BCUT2D eigenvalue weighted by molar-refractivity contribution is -0.167. The van der Waals surface area contributed by atoms with Gasteiger partial charge in [-0.25, -0.2) is 0 Å². The Balaban J connectivity index is 4.33. The zero-order valence-corrected chi connectivity index (χ0v) is 34.9. The average molecular weight is 723 g/mol. The molecule has 0 aromatic rings. The van der Waals surface area contributed by atoms with E-state index in [1.54, 1.807) is 0 Å². The maximum Gasteiger partial charge on any atom is 0.306 e. The fourth-order valence-corrected chi connectivity index (χ4v) is 6.49. The van der Waals surface area contributed by atoms with Crippen molar-refractivity contribution in [3.8, 4) is 0 Å². The molecule has 0 heterocycles. The van der Waals surface area contributed by atoms with Crippen LogP contribution in [0.5, 0.6) is 0 Å². The van der Waals surface area contributed by atoms with Crippen molar-refractivity contribution in [2.24, 2.45) is 17.8 Å². The summed E-state index contributed by atoms with van der Waals surface area (Å²) in [6, 6.07) is 0. The van der Waals surface area contributed by atoms with Crippen LogP contribution in [-0.4, -0.2) is 37.2 Å². The fraction of sp³-hybridized carbons (Fsp3) is 0.933. The van der Waals surface area contributed by atoms with Crippen molar-refractivity contribution in [1.29, 1.82) is 0 Å². The zero-order chi connectivity index (χ0) is 37.8. The summed E-state index contributed by atoms with van der Waals surface area (Å²) < 4.78 is 16.7. The Morgan fingerprint density at radius 1 is 0.392 bits per heavy atom. The lowest BCUT2D eigenvalue weighted by atomic mass is 10.00. The smallest absolute Gasteiger partial charge is 0.306 e. The highest BCUT2D eigenvalue weighted by Gasteiger charge is 2.19. The Labute approximate surface area is 317 Å². The second kappa shape index (κ2) is 36.8. The molecule has 0 fully saturated rings. The summed E-state index contributed by atoms with van der Waals surface area (Å²) in [5.41, 5.74) is 0. The van der Waals surface area contributed by atoms with Gasteiger partial charge in [0.2, 0.25) is 0 Å². The number of ether oxygens (including phenoxy) is 3. The lowest BCUT2D eigenvalue weighted by Crippen LogP contribution is -2.30. The van der Waals surface area contributed by atoms with E-state index in [0.717, 1.165) is 75.5 Å². The molecule has 6 nitrogen and oxygen atoms in total. The van der Waals surface area contributed by atoms with E-state index in [0.29, 0.717) is 19.3 Å². The summed E-state index contributed by atoms with van der Waals surface area (Å²) in [5, 5.41) is 0. The van der Waals surface area contributed by atoms with Crippen LogP contribution in [0.15, 0.2) is 0 Å². The minimum Gasteiger partial charge on any atom is -0.462 e.